The van der Waals surface area contributed by atoms with Crippen molar-refractivity contribution in [3.8, 4) is 0 Å². The number of nitrogens with one attached hydrogen (secondary N) is 2. The molecule has 0 aromatic heterocycles. The summed E-state index contributed by atoms with van der Waals surface area (Å²) in [5, 5.41) is 17.9. The highest BCUT2D eigenvalue weighted by molar-refractivity contribution is 7.89. The summed E-state index contributed by atoms with van der Waals surface area (Å²) in [7, 11) is -2.38. The van der Waals surface area contributed by atoms with Crippen molar-refractivity contribution in [3.63, 3.8) is 0 Å². The van der Waals surface area contributed by atoms with E-state index in [2.05, 4.69) is 53.6 Å². The van der Waals surface area contributed by atoms with Crippen LogP contribution in [0.15, 0.2) is 120 Å². The summed E-state index contributed by atoms with van der Waals surface area (Å²) < 4.78 is 47.7. The fourth-order valence-electron chi connectivity index (χ4n) is 7.48. The van der Waals surface area contributed by atoms with Crippen molar-refractivity contribution in [1.29, 1.82) is 0 Å². The quantitative estimate of drug-likeness (QED) is 0.100. The van der Waals surface area contributed by atoms with Gasteiger partial charge in [0.1, 0.15) is 6.10 Å². The van der Waals surface area contributed by atoms with Gasteiger partial charge in [0.25, 0.3) is 0 Å². The Kier molecular flexibility index (Phi) is 14.2. The molecular formula is C44H56N4O7S. The number of carbonyl (C=O) groups excluding carboxylic acids is 1. The van der Waals surface area contributed by atoms with Crippen molar-refractivity contribution >= 4 is 21.8 Å². The average molecular weight is 785 g/mol. The van der Waals surface area contributed by atoms with Gasteiger partial charge in [-0.3, -0.25) is 4.90 Å². The molecule has 0 spiro atoms. The van der Waals surface area contributed by atoms with Crippen molar-refractivity contribution in [2.24, 2.45) is 11.3 Å². The van der Waals surface area contributed by atoms with Gasteiger partial charge in [0.05, 0.1) is 36.2 Å². The summed E-state index contributed by atoms with van der Waals surface area (Å²) >= 11 is 0. The first-order valence-electron chi connectivity index (χ1n) is 19.5. The molecule has 0 radical (unpaired) electrons. The topological polar surface area (TPSA) is 130 Å². The monoisotopic (exact) mass is 784 g/mol. The number of rotatable bonds is 19. The van der Waals surface area contributed by atoms with Gasteiger partial charge in [-0.1, -0.05) is 111 Å². The summed E-state index contributed by atoms with van der Waals surface area (Å²) in [6.45, 7) is 6.98. The van der Waals surface area contributed by atoms with Crippen LogP contribution in [0.5, 0.6) is 0 Å². The van der Waals surface area contributed by atoms with Crippen LogP contribution in [0.3, 0.4) is 0 Å². The molecule has 0 aliphatic carbocycles. The molecule has 2 aliphatic heterocycles. The van der Waals surface area contributed by atoms with E-state index in [4.69, 9.17) is 14.2 Å². The van der Waals surface area contributed by atoms with Gasteiger partial charge in [0, 0.05) is 38.9 Å². The summed E-state index contributed by atoms with van der Waals surface area (Å²) in [6.07, 6.45) is -1.17. The second kappa shape index (κ2) is 19.2. The Hall–Kier alpha value is -4.30. The van der Waals surface area contributed by atoms with E-state index in [1.165, 1.54) is 15.4 Å². The molecule has 11 nitrogen and oxygen atoms in total. The van der Waals surface area contributed by atoms with E-state index in [1.807, 2.05) is 66.7 Å². The van der Waals surface area contributed by atoms with Crippen LogP contribution in [-0.2, 0) is 43.7 Å². The lowest BCUT2D eigenvalue weighted by Crippen LogP contribution is -2.52. The van der Waals surface area contributed by atoms with Crippen LogP contribution >= 0.6 is 0 Å². The molecule has 6 rings (SSSR count). The van der Waals surface area contributed by atoms with Crippen LogP contribution < -0.4 is 10.6 Å². The standard InChI is InChI=1S/C44H56N4O7S/c1-44(2,23-24-47(28-34-16-9-5-10-17-34)29-35-18-11-6-12-19-35)32-48(56(51,52)37-21-13-20-36(27-37)45-3)30-40(49)39(26-33-14-7-4-8-15-33)46-43(50)55-41-31-54-42-38(41)22-25-53-42/h4-21,27,38-42,45,49H,22-26,28-32H2,1-3H3,(H,46,50)/t38-,39-,40-,41-,42+/m0/s1. The van der Waals surface area contributed by atoms with Gasteiger partial charge >= 0.3 is 6.09 Å². The van der Waals surface area contributed by atoms with Gasteiger partial charge in [-0.2, -0.15) is 4.31 Å². The van der Waals surface area contributed by atoms with Gasteiger partial charge in [0.15, 0.2) is 6.29 Å². The van der Waals surface area contributed by atoms with E-state index in [1.54, 1.807) is 31.3 Å². The minimum atomic E-state index is -4.12. The lowest BCUT2D eigenvalue weighted by molar-refractivity contribution is -0.0907. The molecule has 300 valence electrons. The fourth-order valence-corrected chi connectivity index (χ4v) is 9.17. The van der Waals surface area contributed by atoms with Gasteiger partial charge in [-0.15, -0.1) is 0 Å². The Morgan fingerprint density at radius 1 is 0.893 bits per heavy atom. The lowest BCUT2D eigenvalue weighted by atomic mass is 9.88. The van der Waals surface area contributed by atoms with Gasteiger partial charge in [-0.25, -0.2) is 13.2 Å². The van der Waals surface area contributed by atoms with Crippen LogP contribution in [0.2, 0.25) is 0 Å². The van der Waals surface area contributed by atoms with Crippen molar-refractivity contribution in [1.82, 2.24) is 14.5 Å². The zero-order valence-electron chi connectivity index (χ0n) is 32.6. The summed E-state index contributed by atoms with van der Waals surface area (Å²) in [6, 6.07) is 36.0. The third-order valence-electron chi connectivity index (χ3n) is 10.7. The zero-order chi connectivity index (χ0) is 39.5. The SMILES string of the molecule is CNc1cccc(S(=O)(=O)N(C[C@H](O)[C@H](Cc2ccccc2)NC(=O)O[C@H]2CO[C@H]3OCC[C@H]32)CC(C)(C)CCN(Cc2ccccc2)Cc2ccccc2)c1. The first-order chi connectivity index (χ1) is 27.0. The van der Waals surface area contributed by atoms with Crippen LogP contribution in [0.1, 0.15) is 43.4 Å². The number of aliphatic hydroxyl groups excluding tert-OH is 1. The second-order valence-corrected chi connectivity index (χ2v) is 17.6. The highest BCUT2D eigenvalue weighted by Gasteiger charge is 2.44. The summed E-state index contributed by atoms with van der Waals surface area (Å²) in [5.41, 5.74) is 3.41. The number of fused-ring (bicyclic) bond motifs is 1. The number of ether oxygens (including phenoxy) is 3. The molecule has 2 aliphatic rings. The lowest BCUT2D eigenvalue weighted by Gasteiger charge is -2.36. The van der Waals surface area contributed by atoms with E-state index in [9.17, 15) is 18.3 Å². The smallest absolute Gasteiger partial charge is 0.407 e. The van der Waals surface area contributed by atoms with E-state index < -0.39 is 39.8 Å². The normalized spacial score (nSPS) is 19.4. The number of carbonyl (C=O) groups is 1. The number of sulfonamides is 1. The maximum atomic E-state index is 14.6. The van der Waals surface area contributed by atoms with E-state index in [0.717, 1.165) is 25.1 Å². The number of aliphatic hydroxyl groups is 1. The Morgan fingerprint density at radius 2 is 1.52 bits per heavy atom. The second-order valence-electron chi connectivity index (χ2n) is 15.6. The minimum absolute atomic E-state index is 0.0502. The van der Waals surface area contributed by atoms with Crippen LogP contribution in [0.4, 0.5) is 10.5 Å². The highest BCUT2D eigenvalue weighted by Crippen LogP contribution is 2.33. The number of alkyl carbamates (subject to hydrolysis) is 1. The number of anilines is 1. The molecule has 0 saturated carbocycles. The number of hydrogen-bond donors (Lipinski definition) is 3. The van der Waals surface area contributed by atoms with Gasteiger partial charge < -0.3 is 30.0 Å². The Morgan fingerprint density at radius 3 is 2.14 bits per heavy atom. The number of benzene rings is 4. The van der Waals surface area contributed by atoms with Gasteiger partial charge in [-0.05, 0) is 66.1 Å². The summed E-state index contributed by atoms with van der Waals surface area (Å²) in [4.78, 5) is 15.9. The molecule has 3 N–H and O–H groups in total. The predicted octanol–water partition coefficient (Wildman–Crippen LogP) is 6.30. The number of nitrogens with zero attached hydrogens (tertiary/aromatic N) is 2. The Labute approximate surface area is 332 Å². The van der Waals surface area contributed by atoms with Crippen LogP contribution in [-0.4, -0.2) is 93.3 Å². The van der Waals surface area contributed by atoms with Crippen molar-refractivity contribution < 1.29 is 32.5 Å². The third-order valence-corrected chi connectivity index (χ3v) is 12.5. The highest BCUT2D eigenvalue weighted by atomic mass is 32.2. The average Bonchev–Trinajstić information content (AvgIpc) is 3.83. The van der Waals surface area contributed by atoms with Crippen LogP contribution in [0, 0.1) is 11.3 Å². The molecule has 5 atom stereocenters. The van der Waals surface area contributed by atoms with E-state index in [-0.39, 0.29) is 43.2 Å². The molecule has 56 heavy (non-hydrogen) atoms. The number of amides is 1. The predicted molar refractivity (Wildman–Crippen MR) is 217 cm³/mol. The Bertz CT molecular complexity index is 1890. The van der Waals surface area contributed by atoms with Gasteiger partial charge in [0.2, 0.25) is 10.0 Å². The third kappa shape index (κ3) is 11.4. The van der Waals surface area contributed by atoms with E-state index in [0.29, 0.717) is 25.3 Å². The fraction of sp³-hybridized carbons (Fsp3) is 0.432. The maximum absolute atomic E-state index is 14.6. The molecule has 0 unspecified atom stereocenters. The molecule has 0 bridgehead atoms. The largest absolute Gasteiger partial charge is 0.443 e. The van der Waals surface area contributed by atoms with Crippen molar-refractivity contribution in [3.05, 3.63) is 132 Å². The first-order valence-corrected chi connectivity index (χ1v) is 20.9. The molecule has 4 aromatic rings. The molecule has 2 fully saturated rings. The molecular weight excluding hydrogens is 729 g/mol. The molecule has 1 amide bonds. The van der Waals surface area contributed by atoms with E-state index >= 15 is 0 Å². The number of hydrogen-bond acceptors (Lipinski definition) is 9. The van der Waals surface area contributed by atoms with Crippen molar-refractivity contribution in [2.75, 3.05) is 45.2 Å². The molecule has 4 aromatic carbocycles. The zero-order valence-corrected chi connectivity index (χ0v) is 33.4. The molecule has 12 heteroatoms. The summed E-state index contributed by atoms with van der Waals surface area (Å²) in [5.74, 6) is -0.0502. The first kappa shape index (κ1) is 41.3. The molecule has 2 saturated heterocycles. The van der Waals surface area contributed by atoms with Crippen LogP contribution in [0.25, 0.3) is 0 Å². The molecule has 2 heterocycles. The maximum Gasteiger partial charge on any atom is 0.407 e. The van der Waals surface area contributed by atoms with Crippen molar-refractivity contribution in [2.45, 2.75) is 75.6 Å². The Balaban J connectivity index is 1.22. The minimum Gasteiger partial charge on any atom is -0.443 e.